The third-order valence-electron chi connectivity index (χ3n) is 3.79. The smallest absolute Gasteiger partial charge is 0.333 e. The van der Waals surface area contributed by atoms with Crippen molar-refractivity contribution in [3.05, 3.63) is 28.3 Å². The predicted octanol–water partition coefficient (Wildman–Crippen LogP) is 2.71. The Balaban J connectivity index is 2.14. The number of aliphatic hydroxyl groups is 1. The predicted molar refractivity (Wildman–Crippen MR) is 76.2 cm³/mol. The number of hydrogen-bond donors (Lipinski definition) is 2. The van der Waals surface area contributed by atoms with Gasteiger partial charge in [0.25, 0.3) is 0 Å². The van der Waals surface area contributed by atoms with Gasteiger partial charge in [-0.25, -0.2) is 0 Å². The molecule has 0 atom stereocenters. The van der Waals surface area contributed by atoms with Gasteiger partial charge in [0, 0.05) is 6.54 Å². The lowest BCUT2D eigenvalue weighted by Gasteiger charge is -2.32. The fraction of sp³-hybridized carbons (Fsp3) is 0.571. The Morgan fingerprint density at radius 1 is 1.40 bits per heavy atom. The van der Waals surface area contributed by atoms with Gasteiger partial charge in [0.15, 0.2) is 5.75 Å². The van der Waals surface area contributed by atoms with Gasteiger partial charge in [-0.15, -0.1) is 0 Å². The number of anilines is 1. The summed E-state index contributed by atoms with van der Waals surface area (Å²) in [5.74, 6) is 0.218. The Bertz CT molecular complexity index is 484. The van der Waals surface area contributed by atoms with Crippen molar-refractivity contribution in [1.82, 2.24) is 0 Å². The van der Waals surface area contributed by atoms with Crippen molar-refractivity contribution >= 4 is 11.4 Å². The van der Waals surface area contributed by atoms with Crippen molar-refractivity contribution in [1.29, 1.82) is 0 Å². The Labute approximate surface area is 117 Å². The molecule has 0 aromatic heterocycles. The summed E-state index contributed by atoms with van der Waals surface area (Å²) in [6, 6.07) is 4.88. The molecule has 1 aliphatic carbocycles. The van der Waals surface area contributed by atoms with Crippen LogP contribution >= 0.6 is 0 Å². The van der Waals surface area contributed by atoms with Crippen LogP contribution < -0.4 is 10.1 Å². The maximum Gasteiger partial charge on any atom is 0.333 e. The van der Waals surface area contributed by atoms with Crippen molar-refractivity contribution in [2.24, 2.45) is 0 Å². The molecule has 0 aliphatic heterocycles. The van der Waals surface area contributed by atoms with Crippen LogP contribution in [0.5, 0.6) is 5.75 Å². The minimum atomic E-state index is -0.769. The van der Waals surface area contributed by atoms with Gasteiger partial charge in [0.05, 0.1) is 17.6 Å². The first-order valence-corrected chi connectivity index (χ1v) is 6.83. The molecule has 20 heavy (non-hydrogen) atoms. The number of ether oxygens (including phenoxy) is 1. The molecule has 0 radical (unpaired) electrons. The molecule has 0 amide bonds. The molecule has 0 spiro atoms. The Morgan fingerprint density at radius 3 is 2.70 bits per heavy atom. The van der Waals surface area contributed by atoms with Crippen molar-refractivity contribution in [3.63, 3.8) is 0 Å². The SMILES string of the molecule is COc1cccc(NCC2(O)CCCCC2)c1[N+](=O)[O-]. The summed E-state index contributed by atoms with van der Waals surface area (Å²) in [5, 5.41) is 24.6. The Morgan fingerprint density at radius 2 is 2.10 bits per heavy atom. The number of nitrogens with zero attached hydrogens (tertiary/aromatic N) is 1. The largest absolute Gasteiger partial charge is 0.490 e. The van der Waals surface area contributed by atoms with E-state index in [1.807, 2.05) is 0 Å². The van der Waals surface area contributed by atoms with E-state index in [9.17, 15) is 15.2 Å². The van der Waals surface area contributed by atoms with Crippen LogP contribution in [0.3, 0.4) is 0 Å². The molecule has 1 aliphatic rings. The van der Waals surface area contributed by atoms with E-state index in [2.05, 4.69) is 5.32 Å². The highest BCUT2D eigenvalue weighted by Crippen LogP contribution is 2.35. The fourth-order valence-electron chi connectivity index (χ4n) is 2.66. The number of methoxy groups -OCH3 is 1. The van der Waals surface area contributed by atoms with Crippen LogP contribution in [0.1, 0.15) is 32.1 Å². The topological polar surface area (TPSA) is 84.6 Å². The number of nitro benzene ring substituents is 1. The second-order valence-corrected chi connectivity index (χ2v) is 5.25. The molecule has 2 N–H and O–H groups in total. The molecular formula is C14H20N2O4. The average molecular weight is 280 g/mol. The molecule has 1 aromatic carbocycles. The molecule has 2 rings (SSSR count). The molecule has 0 bridgehead atoms. The zero-order valence-electron chi connectivity index (χ0n) is 11.6. The summed E-state index contributed by atoms with van der Waals surface area (Å²) in [4.78, 5) is 10.7. The lowest BCUT2D eigenvalue weighted by Crippen LogP contribution is -2.38. The van der Waals surface area contributed by atoms with Crippen molar-refractivity contribution in [3.8, 4) is 5.75 Å². The van der Waals surface area contributed by atoms with Gasteiger partial charge in [-0.3, -0.25) is 10.1 Å². The third-order valence-corrected chi connectivity index (χ3v) is 3.79. The van der Waals surface area contributed by atoms with Gasteiger partial charge in [-0.05, 0) is 25.0 Å². The van der Waals surface area contributed by atoms with Crippen LogP contribution in [0.25, 0.3) is 0 Å². The summed E-state index contributed by atoms with van der Waals surface area (Å²) < 4.78 is 5.02. The second-order valence-electron chi connectivity index (χ2n) is 5.25. The number of nitro groups is 1. The maximum absolute atomic E-state index is 11.2. The third kappa shape index (κ3) is 3.19. The number of rotatable bonds is 5. The first kappa shape index (κ1) is 14.6. The minimum absolute atomic E-state index is 0.0885. The van der Waals surface area contributed by atoms with Crippen LogP contribution in [0.2, 0.25) is 0 Å². The Kier molecular flexibility index (Phi) is 4.44. The van der Waals surface area contributed by atoms with Crippen LogP contribution in [-0.2, 0) is 0 Å². The summed E-state index contributed by atoms with van der Waals surface area (Å²) in [6.07, 6.45) is 4.61. The monoisotopic (exact) mass is 280 g/mol. The van der Waals surface area contributed by atoms with Gasteiger partial charge in [0.1, 0.15) is 5.69 Å². The summed E-state index contributed by atoms with van der Waals surface area (Å²) in [5.41, 5.74) is -0.474. The van der Waals surface area contributed by atoms with Crippen molar-refractivity contribution in [2.75, 3.05) is 19.0 Å². The quantitative estimate of drug-likeness (QED) is 0.640. The van der Waals surface area contributed by atoms with Gasteiger partial charge in [-0.2, -0.15) is 0 Å². The van der Waals surface area contributed by atoms with E-state index >= 15 is 0 Å². The number of para-hydroxylation sites is 1. The molecular weight excluding hydrogens is 260 g/mol. The molecule has 6 nitrogen and oxygen atoms in total. The second kappa shape index (κ2) is 6.09. The molecule has 0 unspecified atom stereocenters. The van der Waals surface area contributed by atoms with Gasteiger partial charge < -0.3 is 15.2 Å². The van der Waals surface area contributed by atoms with Gasteiger partial charge >= 0.3 is 5.69 Å². The molecule has 0 saturated heterocycles. The molecule has 0 heterocycles. The molecule has 1 fully saturated rings. The van der Waals surface area contributed by atoms with Crippen LogP contribution in [0.4, 0.5) is 11.4 Å². The van der Waals surface area contributed by atoms with E-state index in [-0.39, 0.29) is 11.4 Å². The fourth-order valence-corrected chi connectivity index (χ4v) is 2.66. The molecule has 1 aromatic rings. The lowest BCUT2D eigenvalue weighted by molar-refractivity contribution is -0.384. The van der Waals surface area contributed by atoms with Crippen LogP contribution in [-0.4, -0.2) is 29.3 Å². The van der Waals surface area contributed by atoms with Crippen molar-refractivity contribution in [2.45, 2.75) is 37.7 Å². The van der Waals surface area contributed by atoms with Gasteiger partial charge in [-0.1, -0.05) is 25.3 Å². The number of nitrogens with one attached hydrogen (secondary N) is 1. The van der Waals surface area contributed by atoms with E-state index in [1.165, 1.54) is 7.11 Å². The normalized spacial score (nSPS) is 17.5. The average Bonchev–Trinajstić information content (AvgIpc) is 2.45. The highest BCUT2D eigenvalue weighted by molar-refractivity contribution is 5.68. The van der Waals surface area contributed by atoms with Crippen LogP contribution in [0.15, 0.2) is 18.2 Å². The van der Waals surface area contributed by atoms with E-state index in [0.29, 0.717) is 12.2 Å². The highest BCUT2D eigenvalue weighted by Gasteiger charge is 2.30. The lowest BCUT2D eigenvalue weighted by atomic mass is 9.85. The number of hydrogen-bond acceptors (Lipinski definition) is 5. The summed E-state index contributed by atoms with van der Waals surface area (Å²) in [7, 11) is 1.40. The van der Waals surface area contributed by atoms with E-state index < -0.39 is 10.5 Å². The molecule has 110 valence electrons. The molecule has 6 heteroatoms. The Hall–Kier alpha value is -1.82. The number of benzene rings is 1. The van der Waals surface area contributed by atoms with Crippen molar-refractivity contribution < 1.29 is 14.8 Å². The van der Waals surface area contributed by atoms with Gasteiger partial charge in [0.2, 0.25) is 0 Å². The zero-order valence-corrected chi connectivity index (χ0v) is 11.6. The summed E-state index contributed by atoms with van der Waals surface area (Å²) in [6.45, 7) is 0.320. The maximum atomic E-state index is 11.2. The van der Waals surface area contributed by atoms with E-state index in [4.69, 9.17) is 4.74 Å². The van der Waals surface area contributed by atoms with E-state index in [1.54, 1.807) is 18.2 Å². The standard InChI is InChI=1S/C14H20N2O4/c1-20-12-7-5-6-11(13(12)16(18)19)15-10-14(17)8-3-2-4-9-14/h5-7,15,17H,2-4,8-10H2,1H3. The zero-order chi connectivity index (χ0) is 14.6. The minimum Gasteiger partial charge on any atom is -0.490 e. The first-order chi connectivity index (χ1) is 9.56. The highest BCUT2D eigenvalue weighted by atomic mass is 16.6. The summed E-state index contributed by atoms with van der Waals surface area (Å²) >= 11 is 0. The van der Waals surface area contributed by atoms with Crippen LogP contribution in [0, 0.1) is 10.1 Å². The first-order valence-electron chi connectivity index (χ1n) is 6.83. The van der Waals surface area contributed by atoms with E-state index in [0.717, 1.165) is 32.1 Å². The molecule has 1 saturated carbocycles.